The van der Waals surface area contributed by atoms with Crippen molar-refractivity contribution in [2.45, 2.75) is 25.9 Å². The van der Waals surface area contributed by atoms with Gasteiger partial charge >= 0.3 is 0 Å². The molecule has 0 fully saturated rings. The maximum atomic E-state index is 13.5. The minimum Gasteiger partial charge on any atom is -0.357 e. The highest BCUT2D eigenvalue weighted by Crippen LogP contribution is 2.37. The van der Waals surface area contributed by atoms with Crippen LogP contribution in [0.5, 0.6) is 0 Å². The van der Waals surface area contributed by atoms with Crippen molar-refractivity contribution in [3.8, 4) is 0 Å². The minimum atomic E-state index is -0.617. The number of benzene rings is 3. The van der Waals surface area contributed by atoms with Crippen molar-refractivity contribution >= 4 is 34.2 Å². The van der Waals surface area contributed by atoms with Crippen molar-refractivity contribution in [3.63, 3.8) is 0 Å². The Morgan fingerprint density at radius 1 is 1.00 bits per heavy atom. The number of amides is 3. The van der Waals surface area contributed by atoms with Gasteiger partial charge in [-0.2, -0.15) is 0 Å². The summed E-state index contributed by atoms with van der Waals surface area (Å²) in [5.74, 6) is -0.671. The fourth-order valence-corrected chi connectivity index (χ4v) is 4.23. The second-order valence-electron chi connectivity index (χ2n) is 7.62. The first-order valence-corrected chi connectivity index (χ1v) is 10.4. The highest BCUT2D eigenvalue weighted by atomic mass is 16.2. The van der Waals surface area contributed by atoms with E-state index in [-0.39, 0.29) is 24.3 Å². The van der Waals surface area contributed by atoms with Crippen LogP contribution in [0.1, 0.15) is 29.3 Å². The van der Waals surface area contributed by atoms with Crippen molar-refractivity contribution < 1.29 is 14.4 Å². The molecule has 3 amide bonds. The van der Waals surface area contributed by atoms with Gasteiger partial charge in [0.1, 0.15) is 12.6 Å². The average molecular weight is 415 g/mol. The monoisotopic (exact) mass is 415 g/mol. The number of nitrogens with one attached hydrogen (secondary N) is 1. The fourth-order valence-electron chi connectivity index (χ4n) is 4.23. The lowest BCUT2D eigenvalue weighted by molar-refractivity contribution is -0.140. The molecule has 1 aliphatic heterocycles. The van der Waals surface area contributed by atoms with Crippen LogP contribution in [0.3, 0.4) is 0 Å². The molecule has 0 unspecified atom stereocenters. The zero-order valence-corrected chi connectivity index (χ0v) is 17.7. The van der Waals surface area contributed by atoms with Crippen LogP contribution in [0.4, 0.5) is 5.69 Å². The Labute approximate surface area is 181 Å². The molecule has 0 radical (unpaired) electrons. The first-order chi connectivity index (χ1) is 15.0. The van der Waals surface area contributed by atoms with Gasteiger partial charge < -0.3 is 10.2 Å². The Bertz CT molecular complexity index is 1140. The summed E-state index contributed by atoms with van der Waals surface area (Å²) in [4.78, 5) is 42.2. The quantitative estimate of drug-likeness (QED) is 0.643. The van der Waals surface area contributed by atoms with Gasteiger partial charge in [-0.15, -0.1) is 0 Å². The number of rotatable bonds is 7. The molecule has 4 rings (SSSR count). The van der Waals surface area contributed by atoms with Gasteiger partial charge in [-0.25, -0.2) is 0 Å². The van der Waals surface area contributed by atoms with Crippen LogP contribution in [0, 0.1) is 0 Å². The highest BCUT2D eigenvalue weighted by Gasteiger charge is 2.34. The lowest BCUT2D eigenvalue weighted by Crippen LogP contribution is -2.51. The second kappa shape index (κ2) is 8.60. The zero-order valence-electron chi connectivity index (χ0n) is 17.7. The van der Waals surface area contributed by atoms with Gasteiger partial charge in [0.15, 0.2) is 0 Å². The molecule has 0 aliphatic carbocycles. The van der Waals surface area contributed by atoms with Gasteiger partial charge in [0.25, 0.3) is 5.91 Å². The van der Waals surface area contributed by atoms with E-state index in [9.17, 15) is 14.4 Å². The van der Waals surface area contributed by atoms with Crippen LogP contribution in [0.15, 0.2) is 66.7 Å². The summed E-state index contributed by atoms with van der Waals surface area (Å²) in [7, 11) is 1.57. The Morgan fingerprint density at radius 2 is 1.71 bits per heavy atom. The maximum absolute atomic E-state index is 13.5. The van der Waals surface area contributed by atoms with Gasteiger partial charge in [0.2, 0.25) is 11.8 Å². The third-order valence-electron chi connectivity index (χ3n) is 5.77. The molecule has 1 heterocycles. The molecular formula is C25H25N3O3. The lowest BCUT2D eigenvalue weighted by Gasteiger charge is -2.31. The van der Waals surface area contributed by atoms with E-state index in [0.29, 0.717) is 18.5 Å². The Morgan fingerprint density at radius 3 is 2.39 bits per heavy atom. The van der Waals surface area contributed by atoms with Crippen LogP contribution >= 0.6 is 0 Å². The van der Waals surface area contributed by atoms with Gasteiger partial charge in [-0.1, -0.05) is 61.5 Å². The summed E-state index contributed by atoms with van der Waals surface area (Å²) in [5.41, 5.74) is 2.27. The molecule has 0 bridgehead atoms. The van der Waals surface area contributed by atoms with Crippen LogP contribution in [0.2, 0.25) is 0 Å². The number of carbonyl (C=O) groups excluding carboxylic acids is 3. The lowest BCUT2D eigenvalue weighted by atomic mass is 10.1. The molecule has 158 valence electrons. The van der Waals surface area contributed by atoms with Gasteiger partial charge in [0.05, 0.1) is 5.69 Å². The number of nitrogens with zero attached hydrogens (tertiary/aromatic N) is 2. The smallest absolute Gasteiger partial charge is 0.259 e. The summed E-state index contributed by atoms with van der Waals surface area (Å²) in [6.45, 7) is 2.06. The van der Waals surface area contributed by atoms with Gasteiger partial charge in [0, 0.05) is 24.5 Å². The molecule has 3 aromatic carbocycles. The number of anilines is 1. The molecule has 0 spiro atoms. The topological polar surface area (TPSA) is 69.7 Å². The molecule has 6 nitrogen and oxygen atoms in total. The van der Waals surface area contributed by atoms with E-state index in [1.165, 1.54) is 4.90 Å². The van der Waals surface area contributed by atoms with E-state index in [4.69, 9.17) is 0 Å². The molecule has 0 saturated heterocycles. The zero-order chi connectivity index (χ0) is 22.0. The van der Waals surface area contributed by atoms with E-state index >= 15 is 0 Å². The first-order valence-electron chi connectivity index (χ1n) is 10.4. The van der Waals surface area contributed by atoms with Crippen LogP contribution in [-0.4, -0.2) is 42.3 Å². The maximum Gasteiger partial charge on any atom is 0.259 e. The molecule has 1 aliphatic rings. The third kappa shape index (κ3) is 3.77. The summed E-state index contributed by atoms with van der Waals surface area (Å²) >= 11 is 0. The summed E-state index contributed by atoms with van der Waals surface area (Å²) in [6, 6.07) is 20.3. The Hall–Kier alpha value is -3.67. The first kappa shape index (κ1) is 20.6. The minimum absolute atomic E-state index is 0.118. The van der Waals surface area contributed by atoms with E-state index in [2.05, 4.69) is 5.32 Å². The van der Waals surface area contributed by atoms with Gasteiger partial charge in [-0.3, -0.25) is 19.3 Å². The molecular weight excluding hydrogens is 390 g/mol. The molecule has 0 saturated carbocycles. The fraction of sp³-hybridized carbons (Fsp3) is 0.240. The molecule has 1 N–H and O–H groups in total. The number of hydrogen-bond donors (Lipinski definition) is 1. The third-order valence-corrected chi connectivity index (χ3v) is 5.77. The standard InChI is InChI=1S/C25H25N3O3/c1-3-20(24(30)26-2)27(15-17-9-5-4-6-10-17)22(29)16-28-21-14-8-12-18-11-7-13-19(23(18)21)25(28)31/h4-14,20H,3,15-16H2,1-2H3,(H,26,30)/t20-/m1/s1. The van der Waals surface area contributed by atoms with Crippen molar-refractivity contribution in [1.82, 2.24) is 10.2 Å². The van der Waals surface area contributed by atoms with Crippen LogP contribution < -0.4 is 10.2 Å². The van der Waals surface area contributed by atoms with E-state index in [1.807, 2.05) is 67.6 Å². The molecule has 3 aromatic rings. The van der Waals surface area contributed by atoms with E-state index in [1.54, 1.807) is 18.0 Å². The average Bonchev–Trinajstić information content (AvgIpc) is 3.07. The second-order valence-corrected chi connectivity index (χ2v) is 7.62. The summed E-state index contributed by atoms with van der Waals surface area (Å²) < 4.78 is 0. The number of carbonyl (C=O) groups is 3. The van der Waals surface area contributed by atoms with Crippen molar-refractivity contribution in [1.29, 1.82) is 0 Å². The molecule has 31 heavy (non-hydrogen) atoms. The normalized spacial score (nSPS) is 13.4. The largest absolute Gasteiger partial charge is 0.357 e. The highest BCUT2D eigenvalue weighted by molar-refractivity contribution is 6.26. The van der Waals surface area contributed by atoms with Gasteiger partial charge in [-0.05, 0) is 29.5 Å². The predicted octanol–water partition coefficient (Wildman–Crippen LogP) is 3.35. The molecule has 0 aromatic heterocycles. The SMILES string of the molecule is CC[C@H](C(=O)NC)N(Cc1ccccc1)C(=O)CN1C(=O)c2cccc3cccc1c23. The molecule has 6 heteroatoms. The predicted molar refractivity (Wildman–Crippen MR) is 121 cm³/mol. The van der Waals surface area contributed by atoms with Crippen LogP contribution in [0.25, 0.3) is 10.8 Å². The van der Waals surface area contributed by atoms with Crippen molar-refractivity contribution in [2.75, 3.05) is 18.5 Å². The van der Waals surface area contributed by atoms with E-state index in [0.717, 1.165) is 22.0 Å². The Balaban J connectivity index is 1.66. The van der Waals surface area contributed by atoms with Crippen LogP contribution in [-0.2, 0) is 16.1 Å². The molecule has 1 atom stereocenters. The summed E-state index contributed by atoms with van der Waals surface area (Å²) in [5, 5.41) is 4.50. The van der Waals surface area contributed by atoms with E-state index < -0.39 is 6.04 Å². The Kier molecular flexibility index (Phi) is 5.71. The number of likely N-dealkylation sites (N-methyl/N-ethyl adjacent to an activating group) is 1. The number of hydrogen-bond acceptors (Lipinski definition) is 3. The summed E-state index contributed by atoms with van der Waals surface area (Å²) in [6.07, 6.45) is 0.474. The van der Waals surface area contributed by atoms with Crippen molar-refractivity contribution in [2.24, 2.45) is 0 Å². The van der Waals surface area contributed by atoms with Crippen molar-refractivity contribution in [3.05, 3.63) is 77.9 Å².